The summed E-state index contributed by atoms with van der Waals surface area (Å²) in [5.41, 5.74) is 1.55. The van der Waals surface area contributed by atoms with Gasteiger partial charge < -0.3 is 19.4 Å². The van der Waals surface area contributed by atoms with Crippen molar-refractivity contribution in [1.82, 2.24) is 14.8 Å². The van der Waals surface area contributed by atoms with Gasteiger partial charge in [-0.3, -0.25) is 4.79 Å². The fourth-order valence-electron chi connectivity index (χ4n) is 4.15. The molecule has 0 unspecified atom stereocenters. The van der Waals surface area contributed by atoms with Crippen LogP contribution in [0.3, 0.4) is 0 Å². The zero-order valence-electron chi connectivity index (χ0n) is 20.3. The Kier molecular flexibility index (Phi) is 9.44. The average Bonchev–Trinajstić information content (AvgIpc) is 3.41. The van der Waals surface area contributed by atoms with Crippen molar-refractivity contribution in [3.63, 3.8) is 0 Å². The van der Waals surface area contributed by atoms with Crippen LogP contribution in [0, 0.1) is 0 Å². The summed E-state index contributed by atoms with van der Waals surface area (Å²) in [5.74, 6) is 0.989. The Bertz CT molecular complexity index is 1210. The topological polar surface area (TPSA) is 95.3 Å². The van der Waals surface area contributed by atoms with E-state index in [2.05, 4.69) is 31.4 Å². The molecule has 2 heterocycles. The first-order valence-corrected chi connectivity index (χ1v) is 14.6. The minimum Gasteiger partial charge on any atom is -0.486 e. The van der Waals surface area contributed by atoms with E-state index in [1.807, 2.05) is 35.8 Å². The summed E-state index contributed by atoms with van der Waals surface area (Å²) in [5, 5.41) is 12.7. The number of methoxy groups -OCH3 is 1. The first kappa shape index (κ1) is 26.7. The Balaban J connectivity index is 1.41. The number of halogens is 1. The Hall–Kier alpha value is -2.37. The van der Waals surface area contributed by atoms with Crippen LogP contribution in [0.2, 0.25) is 0 Å². The Morgan fingerprint density at radius 2 is 1.89 bits per heavy atom. The van der Waals surface area contributed by atoms with E-state index in [0.29, 0.717) is 28.1 Å². The normalized spacial score (nSPS) is 13.4. The summed E-state index contributed by atoms with van der Waals surface area (Å²) < 4.78 is 13.8. The largest absolute Gasteiger partial charge is 0.486 e. The number of nitrogens with one attached hydrogen (secondary N) is 1. The number of rotatable bonds is 9. The van der Waals surface area contributed by atoms with Crippen LogP contribution in [0.4, 0.5) is 5.00 Å². The summed E-state index contributed by atoms with van der Waals surface area (Å²) in [4.78, 5) is 26.6. The molecule has 192 valence electrons. The highest BCUT2D eigenvalue weighted by Gasteiger charge is 2.26. The van der Waals surface area contributed by atoms with Crippen LogP contribution < -0.4 is 10.1 Å². The molecule has 0 saturated carbocycles. The number of amides is 1. The number of carbonyl (C=O) groups is 2. The van der Waals surface area contributed by atoms with Gasteiger partial charge in [0.1, 0.15) is 17.4 Å². The van der Waals surface area contributed by atoms with E-state index in [4.69, 9.17) is 9.47 Å². The summed E-state index contributed by atoms with van der Waals surface area (Å²) in [7, 11) is 1.38. The quantitative estimate of drug-likeness (QED) is 0.245. The van der Waals surface area contributed by atoms with E-state index in [0.717, 1.165) is 47.9 Å². The van der Waals surface area contributed by atoms with Crippen molar-refractivity contribution in [2.75, 3.05) is 18.2 Å². The van der Waals surface area contributed by atoms with Crippen LogP contribution in [0.25, 0.3) is 0 Å². The molecule has 8 nitrogen and oxygen atoms in total. The molecule has 1 aliphatic carbocycles. The molecule has 0 fully saturated rings. The highest BCUT2D eigenvalue weighted by molar-refractivity contribution is 9.10. The van der Waals surface area contributed by atoms with Crippen molar-refractivity contribution < 1.29 is 19.1 Å². The minimum absolute atomic E-state index is 0.148. The van der Waals surface area contributed by atoms with Crippen LogP contribution >= 0.6 is 39.0 Å². The molecular formula is C25H29BrN4O4S2. The lowest BCUT2D eigenvalue weighted by atomic mass is 9.96. The number of thioether (sulfide) groups is 1. The van der Waals surface area contributed by atoms with Gasteiger partial charge in [0.2, 0.25) is 5.91 Å². The maximum Gasteiger partial charge on any atom is 0.341 e. The second-order valence-corrected chi connectivity index (χ2v) is 11.3. The van der Waals surface area contributed by atoms with Crippen LogP contribution in [-0.4, -0.2) is 39.5 Å². The maximum atomic E-state index is 12.9. The fraction of sp³-hybridized carbons (Fsp3) is 0.440. The molecule has 2 aromatic heterocycles. The number of nitrogens with zero attached hydrogens (tertiary/aromatic N) is 3. The molecule has 0 atom stereocenters. The number of esters is 1. The Labute approximate surface area is 227 Å². The molecule has 4 rings (SSSR count). The standard InChI is InChI=1S/C25H29BrN4O4S2/c1-3-30-20(14-34-17-12-10-16(26)11-13-17)28-29-25(30)35-15-21(31)27-23-22(24(32)33-2)18-8-6-4-5-7-9-19(18)36-23/h10-13H,3-9,14-15H2,1-2H3,(H,27,31). The lowest BCUT2D eigenvalue weighted by Gasteiger charge is -2.11. The first-order chi connectivity index (χ1) is 17.5. The number of anilines is 1. The molecule has 0 spiro atoms. The number of ether oxygens (including phenoxy) is 2. The third kappa shape index (κ3) is 6.49. The van der Waals surface area contributed by atoms with E-state index in [9.17, 15) is 9.59 Å². The molecule has 0 bridgehead atoms. The molecule has 1 aliphatic rings. The predicted octanol–water partition coefficient (Wildman–Crippen LogP) is 5.88. The summed E-state index contributed by atoms with van der Waals surface area (Å²) in [6.45, 7) is 2.93. The van der Waals surface area contributed by atoms with Crippen molar-refractivity contribution in [2.24, 2.45) is 0 Å². The molecule has 36 heavy (non-hydrogen) atoms. The van der Waals surface area contributed by atoms with Crippen LogP contribution in [0.1, 0.15) is 59.2 Å². The molecule has 1 N–H and O–H groups in total. The predicted molar refractivity (Wildman–Crippen MR) is 145 cm³/mol. The van der Waals surface area contributed by atoms with Gasteiger partial charge in [-0.1, -0.05) is 40.5 Å². The third-order valence-electron chi connectivity index (χ3n) is 5.94. The number of fused-ring (bicyclic) bond motifs is 1. The van der Waals surface area contributed by atoms with Gasteiger partial charge in [-0.15, -0.1) is 21.5 Å². The van der Waals surface area contributed by atoms with E-state index < -0.39 is 5.97 Å². The van der Waals surface area contributed by atoms with Crippen molar-refractivity contribution in [3.8, 4) is 5.75 Å². The number of aryl methyl sites for hydroxylation is 1. The van der Waals surface area contributed by atoms with Crippen molar-refractivity contribution in [1.29, 1.82) is 0 Å². The average molecular weight is 594 g/mol. The van der Waals surface area contributed by atoms with Gasteiger partial charge in [0.25, 0.3) is 0 Å². The first-order valence-electron chi connectivity index (χ1n) is 12.0. The molecule has 0 aliphatic heterocycles. The van der Waals surface area contributed by atoms with Gasteiger partial charge >= 0.3 is 5.97 Å². The highest BCUT2D eigenvalue weighted by Crippen LogP contribution is 2.37. The molecule has 0 radical (unpaired) electrons. The van der Waals surface area contributed by atoms with Gasteiger partial charge in [0, 0.05) is 15.9 Å². The van der Waals surface area contributed by atoms with Crippen molar-refractivity contribution in [2.45, 2.75) is 63.8 Å². The summed E-state index contributed by atoms with van der Waals surface area (Å²) >= 11 is 6.22. The third-order valence-corrected chi connectivity index (χ3v) is 8.64. The van der Waals surface area contributed by atoms with Gasteiger partial charge in [-0.2, -0.15) is 0 Å². The Morgan fingerprint density at radius 1 is 1.14 bits per heavy atom. The van der Waals surface area contributed by atoms with E-state index in [1.165, 1.54) is 41.5 Å². The second kappa shape index (κ2) is 12.7. The van der Waals surface area contributed by atoms with Gasteiger partial charge in [0.15, 0.2) is 11.0 Å². The number of aromatic nitrogens is 3. The smallest absolute Gasteiger partial charge is 0.341 e. The SMILES string of the molecule is CCn1c(COc2ccc(Br)cc2)nnc1SCC(=O)Nc1sc2c(c1C(=O)OC)CCCCCC2. The Morgan fingerprint density at radius 3 is 2.61 bits per heavy atom. The molecule has 1 aromatic carbocycles. The highest BCUT2D eigenvalue weighted by atomic mass is 79.9. The molecule has 11 heteroatoms. The van der Waals surface area contributed by atoms with E-state index in [-0.39, 0.29) is 18.3 Å². The number of carbonyl (C=O) groups excluding carboxylic acids is 2. The second-order valence-electron chi connectivity index (χ2n) is 8.34. The monoisotopic (exact) mass is 592 g/mol. The molecule has 1 amide bonds. The van der Waals surface area contributed by atoms with Crippen LogP contribution in [-0.2, 0) is 35.5 Å². The van der Waals surface area contributed by atoms with Gasteiger partial charge in [-0.25, -0.2) is 4.79 Å². The number of benzene rings is 1. The number of hydrogen-bond donors (Lipinski definition) is 1. The zero-order chi connectivity index (χ0) is 25.5. The van der Waals surface area contributed by atoms with E-state index >= 15 is 0 Å². The molecule has 0 saturated heterocycles. The van der Waals surface area contributed by atoms with Gasteiger partial charge in [-0.05, 0) is 62.4 Å². The molecule has 3 aromatic rings. The van der Waals surface area contributed by atoms with Crippen molar-refractivity contribution >= 4 is 55.9 Å². The van der Waals surface area contributed by atoms with E-state index in [1.54, 1.807) is 0 Å². The lowest BCUT2D eigenvalue weighted by molar-refractivity contribution is -0.113. The summed E-state index contributed by atoms with van der Waals surface area (Å²) in [6, 6.07) is 7.59. The lowest BCUT2D eigenvalue weighted by Crippen LogP contribution is -2.17. The molecular weight excluding hydrogens is 564 g/mol. The summed E-state index contributed by atoms with van der Waals surface area (Å²) in [6.07, 6.45) is 6.25. The van der Waals surface area contributed by atoms with Crippen LogP contribution in [0.15, 0.2) is 33.9 Å². The number of thiophene rings is 1. The zero-order valence-corrected chi connectivity index (χ0v) is 23.6. The fourth-order valence-corrected chi connectivity index (χ4v) is 6.53. The van der Waals surface area contributed by atoms with Gasteiger partial charge in [0.05, 0.1) is 18.4 Å². The minimum atomic E-state index is -0.392. The van der Waals surface area contributed by atoms with Crippen molar-refractivity contribution in [3.05, 3.63) is 50.6 Å². The van der Waals surface area contributed by atoms with Crippen LogP contribution in [0.5, 0.6) is 5.75 Å². The maximum absolute atomic E-state index is 12.9. The number of hydrogen-bond acceptors (Lipinski definition) is 8.